The van der Waals surface area contributed by atoms with Gasteiger partial charge in [-0.2, -0.15) is 0 Å². The molecule has 2 N–H and O–H groups in total. The van der Waals surface area contributed by atoms with E-state index >= 15 is 0 Å². The molecule has 0 aromatic heterocycles. The van der Waals surface area contributed by atoms with Crippen molar-refractivity contribution in [3.8, 4) is 5.75 Å². The zero-order valence-corrected chi connectivity index (χ0v) is 11.9. The zero-order chi connectivity index (χ0) is 16.2. The van der Waals surface area contributed by atoms with Gasteiger partial charge in [0.2, 0.25) is 5.91 Å². The molecular formula is C13H16N2O6. The smallest absolute Gasteiger partial charge is 0.319 e. The minimum Gasteiger partial charge on any atom is -0.496 e. The van der Waals surface area contributed by atoms with E-state index < -0.39 is 22.2 Å². The number of methoxy groups -OCH3 is 1. The maximum absolute atomic E-state index is 11.8. The maximum Gasteiger partial charge on any atom is 0.319 e. The molecule has 0 heterocycles. The summed E-state index contributed by atoms with van der Waals surface area (Å²) in [6, 6.07) is 3.84. The molecule has 1 rings (SSSR count). The molecule has 8 nitrogen and oxygen atoms in total. The molecule has 1 amide bonds. The summed E-state index contributed by atoms with van der Waals surface area (Å²) in [4.78, 5) is 33.5. The topological polar surface area (TPSA) is 119 Å². The second-order valence-corrected chi connectivity index (χ2v) is 4.65. The molecule has 1 unspecified atom stereocenters. The molecule has 1 aromatic carbocycles. The van der Waals surface area contributed by atoms with Crippen molar-refractivity contribution < 1.29 is 24.4 Å². The highest BCUT2D eigenvalue weighted by atomic mass is 16.6. The molecule has 1 atom stereocenters. The summed E-state index contributed by atoms with van der Waals surface area (Å²) in [6.07, 6.45) is -0.229. The van der Waals surface area contributed by atoms with Gasteiger partial charge in [0.25, 0.3) is 5.69 Å². The lowest BCUT2D eigenvalue weighted by atomic mass is 9.82. The molecule has 0 saturated heterocycles. The van der Waals surface area contributed by atoms with E-state index in [1.807, 2.05) is 0 Å². The number of non-ortho nitro benzene ring substituents is 1. The van der Waals surface area contributed by atoms with Gasteiger partial charge < -0.3 is 15.2 Å². The van der Waals surface area contributed by atoms with Gasteiger partial charge in [0.15, 0.2) is 0 Å². The fourth-order valence-electron chi connectivity index (χ4n) is 1.93. The van der Waals surface area contributed by atoms with E-state index in [0.29, 0.717) is 0 Å². The van der Waals surface area contributed by atoms with E-state index in [0.717, 1.165) is 0 Å². The highest BCUT2D eigenvalue weighted by Gasteiger charge is 2.41. The third kappa shape index (κ3) is 3.28. The molecule has 8 heteroatoms. The summed E-state index contributed by atoms with van der Waals surface area (Å²) in [6.45, 7) is 1.26. The van der Waals surface area contributed by atoms with Crippen molar-refractivity contribution >= 4 is 17.6 Å². The largest absolute Gasteiger partial charge is 0.496 e. The first kappa shape index (κ1) is 16.4. The van der Waals surface area contributed by atoms with Crippen molar-refractivity contribution in [3.05, 3.63) is 33.9 Å². The normalized spacial score (nSPS) is 13.1. The van der Waals surface area contributed by atoms with Gasteiger partial charge in [-0.3, -0.25) is 19.7 Å². The van der Waals surface area contributed by atoms with E-state index in [1.165, 1.54) is 39.3 Å². The molecule has 0 bridgehead atoms. The van der Waals surface area contributed by atoms with Crippen molar-refractivity contribution in [1.29, 1.82) is 0 Å². The Morgan fingerprint density at radius 3 is 2.52 bits per heavy atom. The van der Waals surface area contributed by atoms with Crippen LogP contribution in [0.3, 0.4) is 0 Å². The molecule has 0 radical (unpaired) electrons. The number of aliphatic carboxylic acids is 1. The van der Waals surface area contributed by atoms with Gasteiger partial charge in [0.1, 0.15) is 11.2 Å². The van der Waals surface area contributed by atoms with Crippen LogP contribution in [0.5, 0.6) is 5.75 Å². The lowest BCUT2D eigenvalue weighted by Crippen LogP contribution is -2.44. The number of carboxylic acids is 1. The molecule has 1 aromatic rings. The second kappa shape index (κ2) is 6.21. The Morgan fingerprint density at radius 1 is 1.48 bits per heavy atom. The number of carbonyl (C=O) groups excluding carboxylic acids is 1. The quantitative estimate of drug-likeness (QED) is 0.459. The van der Waals surface area contributed by atoms with E-state index in [2.05, 4.69) is 5.32 Å². The van der Waals surface area contributed by atoms with Gasteiger partial charge in [-0.05, 0) is 13.0 Å². The first-order valence-electron chi connectivity index (χ1n) is 6.03. The number of nitrogens with one attached hydrogen (secondary N) is 1. The van der Waals surface area contributed by atoms with Crippen molar-refractivity contribution in [2.45, 2.75) is 13.3 Å². The molecule has 0 fully saturated rings. The fraction of sp³-hybridized carbons (Fsp3) is 0.385. The van der Waals surface area contributed by atoms with Crippen LogP contribution in [0.25, 0.3) is 0 Å². The van der Waals surface area contributed by atoms with Gasteiger partial charge in [-0.1, -0.05) is 0 Å². The number of benzene rings is 1. The Balaban J connectivity index is 3.31. The summed E-state index contributed by atoms with van der Waals surface area (Å²) in [5, 5.41) is 22.4. The number of amides is 1. The standard InChI is InChI=1S/C13H16N2O6/c1-13(12(17)18,11(16)14-2)7-8-6-9(15(19)20)4-5-10(8)21-3/h4-6H,7H2,1-3H3,(H,14,16)(H,17,18). The van der Waals surface area contributed by atoms with E-state index in [1.54, 1.807) is 0 Å². The van der Waals surface area contributed by atoms with Crippen LogP contribution in [0.4, 0.5) is 5.69 Å². The van der Waals surface area contributed by atoms with Crippen molar-refractivity contribution in [3.63, 3.8) is 0 Å². The van der Waals surface area contributed by atoms with Crippen LogP contribution >= 0.6 is 0 Å². The number of carboxylic acid groups (broad SMARTS) is 1. The number of rotatable bonds is 6. The molecule has 114 valence electrons. The summed E-state index contributed by atoms with van der Waals surface area (Å²) < 4.78 is 5.07. The molecule has 0 aliphatic rings. The molecule has 21 heavy (non-hydrogen) atoms. The van der Waals surface area contributed by atoms with Gasteiger partial charge >= 0.3 is 5.97 Å². The SMILES string of the molecule is CNC(=O)C(C)(Cc1cc([N+](=O)[O-])ccc1OC)C(=O)O. The third-order valence-electron chi connectivity index (χ3n) is 3.22. The zero-order valence-electron chi connectivity index (χ0n) is 11.9. The first-order valence-corrected chi connectivity index (χ1v) is 6.03. The molecule has 0 aliphatic carbocycles. The van der Waals surface area contributed by atoms with E-state index in [4.69, 9.17) is 4.74 Å². The molecule has 0 aliphatic heterocycles. The van der Waals surface area contributed by atoms with Crippen LogP contribution in [0.2, 0.25) is 0 Å². The van der Waals surface area contributed by atoms with Crippen LogP contribution in [-0.4, -0.2) is 36.1 Å². The highest BCUT2D eigenvalue weighted by Crippen LogP contribution is 2.31. The average molecular weight is 296 g/mol. The number of nitro groups is 1. The number of nitrogens with zero attached hydrogens (tertiary/aromatic N) is 1. The Kier molecular flexibility index (Phi) is 4.85. The average Bonchev–Trinajstić information content (AvgIpc) is 2.45. The second-order valence-electron chi connectivity index (χ2n) is 4.65. The van der Waals surface area contributed by atoms with Gasteiger partial charge in [-0.25, -0.2) is 0 Å². The third-order valence-corrected chi connectivity index (χ3v) is 3.22. The monoisotopic (exact) mass is 296 g/mol. The summed E-state index contributed by atoms with van der Waals surface area (Å²) in [5.41, 5.74) is -1.67. The summed E-state index contributed by atoms with van der Waals surface area (Å²) in [5.74, 6) is -1.73. The van der Waals surface area contributed by atoms with Crippen LogP contribution < -0.4 is 10.1 Å². The summed E-state index contributed by atoms with van der Waals surface area (Å²) in [7, 11) is 2.69. The van der Waals surface area contributed by atoms with Crippen LogP contribution in [0.15, 0.2) is 18.2 Å². The Bertz CT molecular complexity index is 586. The van der Waals surface area contributed by atoms with Gasteiger partial charge in [0, 0.05) is 31.2 Å². The first-order chi connectivity index (χ1) is 9.76. The molecular weight excluding hydrogens is 280 g/mol. The van der Waals surface area contributed by atoms with Crippen molar-refractivity contribution in [2.24, 2.45) is 5.41 Å². The lowest BCUT2D eigenvalue weighted by molar-refractivity contribution is -0.384. The predicted octanol–water partition coefficient (Wildman–Crippen LogP) is 0.983. The van der Waals surface area contributed by atoms with Crippen molar-refractivity contribution in [2.75, 3.05) is 14.2 Å². The number of nitro benzene ring substituents is 1. The fourth-order valence-corrected chi connectivity index (χ4v) is 1.93. The molecule has 0 saturated carbocycles. The Labute approximate surface area is 120 Å². The Hall–Kier alpha value is -2.64. The molecule has 0 spiro atoms. The number of hydrogen-bond acceptors (Lipinski definition) is 5. The minimum absolute atomic E-state index is 0.199. The van der Waals surface area contributed by atoms with E-state index in [-0.39, 0.29) is 23.4 Å². The predicted molar refractivity (Wildman–Crippen MR) is 73.2 cm³/mol. The Morgan fingerprint density at radius 2 is 2.10 bits per heavy atom. The van der Waals surface area contributed by atoms with Crippen molar-refractivity contribution in [1.82, 2.24) is 5.32 Å². The lowest BCUT2D eigenvalue weighted by Gasteiger charge is -2.23. The summed E-state index contributed by atoms with van der Waals surface area (Å²) >= 11 is 0. The number of ether oxygens (including phenoxy) is 1. The number of carbonyl (C=O) groups is 2. The van der Waals surface area contributed by atoms with Crippen LogP contribution in [0, 0.1) is 15.5 Å². The maximum atomic E-state index is 11.8. The van der Waals surface area contributed by atoms with E-state index in [9.17, 15) is 24.8 Å². The number of hydrogen-bond donors (Lipinski definition) is 2. The van der Waals surface area contributed by atoms with Gasteiger partial charge in [-0.15, -0.1) is 0 Å². The van der Waals surface area contributed by atoms with Crippen LogP contribution in [0.1, 0.15) is 12.5 Å². The highest BCUT2D eigenvalue weighted by molar-refractivity contribution is 6.01. The minimum atomic E-state index is -1.75. The van der Waals surface area contributed by atoms with Gasteiger partial charge in [0.05, 0.1) is 12.0 Å². The van der Waals surface area contributed by atoms with Crippen LogP contribution in [-0.2, 0) is 16.0 Å².